The lowest BCUT2D eigenvalue weighted by Crippen LogP contribution is -2.61. The molecule has 10 heteroatoms. The molecule has 0 amide bonds. The Balaban J connectivity index is 1.53. The molecule has 0 aromatic heterocycles. The second kappa shape index (κ2) is 11.5. The minimum absolute atomic E-state index is 0.0466. The minimum atomic E-state index is -1.82. The maximum absolute atomic E-state index is 11.3. The van der Waals surface area contributed by atoms with Crippen molar-refractivity contribution in [2.75, 3.05) is 6.54 Å². The van der Waals surface area contributed by atoms with Gasteiger partial charge in [0, 0.05) is 6.04 Å². The molecule has 3 rings (SSSR count). The van der Waals surface area contributed by atoms with E-state index in [9.17, 15) is 30.3 Å². The van der Waals surface area contributed by atoms with Gasteiger partial charge in [-0.3, -0.25) is 0 Å². The molecule has 186 valence electrons. The molecule has 0 aliphatic carbocycles. The van der Waals surface area contributed by atoms with Crippen LogP contribution in [0.5, 0.6) is 17.2 Å². The topological polar surface area (TPSA) is 169 Å². The molecular weight excluding hydrogens is 446 g/mol. The zero-order valence-electron chi connectivity index (χ0n) is 18.7. The van der Waals surface area contributed by atoms with Gasteiger partial charge in [0.2, 0.25) is 6.29 Å². The number of nitrogens with one attached hydrogen (secondary N) is 1. The minimum Gasteiger partial charge on any atom is -0.508 e. The first-order valence-corrected chi connectivity index (χ1v) is 11.1. The summed E-state index contributed by atoms with van der Waals surface area (Å²) >= 11 is 0. The highest BCUT2D eigenvalue weighted by atomic mass is 16.7. The van der Waals surface area contributed by atoms with Gasteiger partial charge in [-0.25, -0.2) is 4.79 Å². The highest BCUT2D eigenvalue weighted by Gasteiger charge is 2.48. The summed E-state index contributed by atoms with van der Waals surface area (Å²) < 4.78 is 10.6. The number of carboxylic acid groups (broad SMARTS) is 1. The number of carboxylic acids is 1. The number of phenols is 2. The number of aliphatic hydroxyl groups excluding tert-OH is 3. The van der Waals surface area contributed by atoms with Gasteiger partial charge < -0.3 is 45.4 Å². The van der Waals surface area contributed by atoms with E-state index in [0.717, 1.165) is 24.0 Å². The number of aromatic hydroxyl groups is 2. The molecule has 0 spiro atoms. The Labute approximate surface area is 197 Å². The zero-order valence-corrected chi connectivity index (χ0v) is 18.7. The maximum atomic E-state index is 11.3. The van der Waals surface area contributed by atoms with Crippen LogP contribution in [0, 0.1) is 0 Å². The molecule has 2 aromatic carbocycles. The largest absolute Gasteiger partial charge is 0.508 e. The molecule has 6 atom stereocenters. The van der Waals surface area contributed by atoms with Crippen LogP contribution in [0.1, 0.15) is 24.5 Å². The van der Waals surface area contributed by atoms with Gasteiger partial charge in [0.1, 0.15) is 24.1 Å². The number of ether oxygens (including phenoxy) is 2. The van der Waals surface area contributed by atoms with Crippen LogP contribution in [0.4, 0.5) is 0 Å². The second-order valence-electron chi connectivity index (χ2n) is 8.47. The molecule has 7 N–H and O–H groups in total. The van der Waals surface area contributed by atoms with Crippen molar-refractivity contribution in [2.24, 2.45) is 0 Å². The van der Waals surface area contributed by atoms with E-state index in [1.165, 1.54) is 6.07 Å². The molecule has 0 unspecified atom stereocenters. The Hall–Kier alpha value is -2.89. The van der Waals surface area contributed by atoms with Crippen LogP contribution in [0.25, 0.3) is 0 Å². The number of phenolic OH excluding ortho intramolecular Hbond substituents is 2. The van der Waals surface area contributed by atoms with Crippen molar-refractivity contribution in [1.29, 1.82) is 0 Å². The van der Waals surface area contributed by atoms with E-state index in [0.29, 0.717) is 13.0 Å². The van der Waals surface area contributed by atoms with E-state index >= 15 is 0 Å². The number of rotatable bonds is 10. The molecule has 1 aliphatic heterocycles. The van der Waals surface area contributed by atoms with Gasteiger partial charge in [-0.2, -0.15) is 0 Å². The zero-order chi connectivity index (χ0) is 24.8. The summed E-state index contributed by atoms with van der Waals surface area (Å²) in [6, 6.07) is 12.0. The molecule has 0 bridgehead atoms. The fraction of sp³-hybridized carbons (Fsp3) is 0.458. The third kappa shape index (κ3) is 6.58. The molecule has 0 saturated carbocycles. The van der Waals surface area contributed by atoms with Crippen LogP contribution in [-0.4, -0.2) is 79.9 Å². The number of carbonyl (C=O) groups is 1. The van der Waals surface area contributed by atoms with Crippen LogP contribution < -0.4 is 10.1 Å². The Kier molecular flexibility index (Phi) is 8.70. The molecule has 34 heavy (non-hydrogen) atoms. The third-order valence-electron chi connectivity index (χ3n) is 5.79. The first-order chi connectivity index (χ1) is 16.2. The Morgan fingerprint density at radius 3 is 2.35 bits per heavy atom. The van der Waals surface area contributed by atoms with E-state index in [1.54, 1.807) is 24.3 Å². The smallest absolute Gasteiger partial charge is 0.335 e. The van der Waals surface area contributed by atoms with E-state index < -0.39 is 36.7 Å². The summed E-state index contributed by atoms with van der Waals surface area (Å²) in [5, 5.41) is 61.9. The highest BCUT2D eigenvalue weighted by molar-refractivity contribution is 5.73. The van der Waals surface area contributed by atoms with Crippen molar-refractivity contribution < 1.29 is 44.9 Å². The van der Waals surface area contributed by atoms with E-state index in [4.69, 9.17) is 14.6 Å². The van der Waals surface area contributed by atoms with Gasteiger partial charge in [-0.05, 0) is 68.1 Å². The Morgan fingerprint density at radius 2 is 1.68 bits per heavy atom. The van der Waals surface area contributed by atoms with Crippen molar-refractivity contribution >= 4 is 5.97 Å². The molecule has 10 nitrogen and oxygen atoms in total. The lowest BCUT2D eigenvalue weighted by molar-refractivity contribution is -0.271. The van der Waals surface area contributed by atoms with Gasteiger partial charge in [-0.1, -0.05) is 18.2 Å². The number of aryl methyl sites for hydroxylation is 1. The second-order valence-corrected chi connectivity index (χ2v) is 8.47. The summed E-state index contributed by atoms with van der Waals surface area (Å²) in [5.74, 6) is -1.57. The first kappa shape index (κ1) is 25.7. The number of aliphatic hydroxyl groups is 3. The maximum Gasteiger partial charge on any atom is 0.335 e. The van der Waals surface area contributed by atoms with Crippen molar-refractivity contribution in [3.05, 3.63) is 53.6 Å². The van der Waals surface area contributed by atoms with Crippen LogP contribution in [0.3, 0.4) is 0 Å². The Bertz CT molecular complexity index is 952. The van der Waals surface area contributed by atoms with Crippen LogP contribution >= 0.6 is 0 Å². The van der Waals surface area contributed by atoms with Crippen molar-refractivity contribution in [3.63, 3.8) is 0 Å². The van der Waals surface area contributed by atoms with Crippen molar-refractivity contribution in [3.8, 4) is 17.2 Å². The van der Waals surface area contributed by atoms with Gasteiger partial charge >= 0.3 is 5.97 Å². The van der Waals surface area contributed by atoms with Gasteiger partial charge in [-0.15, -0.1) is 0 Å². The summed E-state index contributed by atoms with van der Waals surface area (Å²) in [5.41, 5.74) is 1.95. The first-order valence-electron chi connectivity index (χ1n) is 11.1. The lowest BCUT2D eigenvalue weighted by Gasteiger charge is -2.38. The van der Waals surface area contributed by atoms with Gasteiger partial charge in [0.05, 0.1) is 0 Å². The van der Waals surface area contributed by atoms with Crippen molar-refractivity contribution in [1.82, 2.24) is 5.32 Å². The molecular formula is C24H31NO9. The molecule has 0 radical (unpaired) electrons. The summed E-state index contributed by atoms with van der Waals surface area (Å²) in [7, 11) is 0. The molecule has 1 heterocycles. The van der Waals surface area contributed by atoms with Crippen LogP contribution in [-0.2, 0) is 22.4 Å². The quantitative estimate of drug-likeness (QED) is 0.256. The average Bonchev–Trinajstić information content (AvgIpc) is 2.80. The number of aliphatic carboxylic acids is 1. The average molecular weight is 478 g/mol. The van der Waals surface area contributed by atoms with Gasteiger partial charge in [0.15, 0.2) is 17.6 Å². The highest BCUT2D eigenvalue weighted by Crippen LogP contribution is 2.31. The van der Waals surface area contributed by atoms with E-state index in [-0.39, 0.29) is 23.3 Å². The number of benzene rings is 2. The third-order valence-corrected chi connectivity index (χ3v) is 5.79. The predicted octanol–water partition coefficient (Wildman–Crippen LogP) is 0.522. The molecule has 1 fully saturated rings. The van der Waals surface area contributed by atoms with Crippen LogP contribution in [0.2, 0.25) is 0 Å². The summed E-state index contributed by atoms with van der Waals surface area (Å²) in [4.78, 5) is 11.3. The molecule has 1 saturated heterocycles. The fourth-order valence-electron chi connectivity index (χ4n) is 3.69. The van der Waals surface area contributed by atoms with E-state index in [1.807, 2.05) is 12.1 Å². The monoisotopic (exact) mass is 477 g/mol. The normalized spacial score (nSPS) is 25.6. The summed E-state index contributed by atoms with van der Waals surface area (Å²) in [6.07, 6.45) is -6.35. The van der Waals surface area contributed by atoms with E-state index in [2.05, 4.69) is 12.2 Å². The number of hydrogen-bond donors (Lipinski definition) is 7. The van der Waals surface area contributed by atoms with Crippen LogP contribution in [0.15, 0.2) is 42.5 Å². The standard InChI is InChI=1S/C24H31NO9/c1-13(2-3-14-4-7-16(26)8-5-14)25-11-10-15-6-9-17(27)18(12-15)33-24-21(30)19(28)20(29)22(34-24)23(31)32/h4-9,12-13,19-22,24-30H,2-3,10-11H2,1H3,(H,31,32)/t13-,19-,20-,21+,22-,24+/m0/s1. The van der Waals surface area contributed by atoms with Gasteiger partial charge in [0.25, 0.3) is 0 Å². The summed E-state index contributed by atoms with van der Waals surface area (Å²) in [6.45, 7) is 2.72. The predicted molar refractivity (Wildman–Crippen MR) is 121 cm³/mol. The SMILES string of the molecule is C[C@@H](CCc1ccc(O)cc1)NCCc1ccc(O)c(O[C@@H]2O[C@H](C(=O)O)[C@@H](O)[C@H](O)[C@H]2O)c1. The molecule has 1 aliphatic rings. The van der Waals surface area contributed by atoms with Crippen molar-refractivity contribution in [2.45, 2.75) is 62.9 Å². The Morgan fingerprint density at radius 1 is 1.00 bits per heavy atom. The lowest BCUT2D eigenvalue weighted by atomic mass is 9.99. The molecule has 2 aromatic rings. The fourth-order valence-corrected chi connectivity index (χ4v) is 3.69. The number of hydrogen-bond acceptors (Lipinski definition) is 9.